The SMILES string of the molecule is CN(C)CCCOc1nn(Cc2ccc(Cl)cc2)c2ccccc12.Cl. The summed E-state index contributed by atoms with van der Waals surface area (Å²) in [5.74, 6) is 0.707. The van der Waals surface area contributed by atoms with Gasteiger partial charge < -0.3 is 9.64 Å². The molecule has 0 atom stereocenters. The first kappa shape index (κ1) is 19.6. The fraction of sp³-hybridized carbons (Fsp3) is 0.316. The molecule has 2 aromatic carbocycles. The zero-order valence-electron chi connectivity index (χ0n) is 14.5. The van der Waals surface area contributed by atoms with Crippen molar-refractivity contribution in [3.63, 3.8) is 0 Å². The molecule has 0 N–H and O–H groups in total. The van der Waals surface area contributed by atoms with E-state index in [1.54, 1.807) is 0 Å². The number of benzene rings is 2. The van der Waals surface area contributed by atoms with Crippen LogP contribution < -0.4 is 4.74 Å². The smallest absolute Gasteiger partial charge is 0.240 e. The minimum Gasteiger partial charge on any atom is -0.476 e. The van der Waals surface area contributed by atoms with Crippen LogP contribution in [0.1, 0.15) is 12.0 Å². The van der Waals surface area contributed by atoms with Crippen LogP contribution in [0.3, 0.4) is 0 Å². The molecule has 0 aliphatic rings. The molecule has 3 rings (SSSR count). The van der Waals surface area contributed by atoms with Crippen LogP contribution in [-0.2, 0) is 6.54 Å². The first-order valence-corrected chi connectivity index (χ1v) is 8.49. The van der Waals surface area contributed by atoms with Gasteiger partial charge in [0.25, 0.3) is 0 Å². The van der Waals surface area contributed by atoms with Crippen molar-refractivity contribution in [3.05, 3.63) is 59.1 Å². The van der Waals surface area contributed by atoms with Crippen LogP contribution in [0, 0.1) is 0 Å². The van der Waals surface area contributed by atoms with Crippen molar-refractivity contribution >= 4 is 34.9 Å². The van der Waals surface area contributed by atoms with E-state index in [1.165, 1.54) is 0 Å². The van der Waals surface area contributed by atoms with E-state index < -0.39 is 0 Å². The average molecular weight is 380 g/mol. The number of hydrogen-bond acceptors (Lipinski definition) is 3. The van der Waals surface area contributed by atoms with Crippen molar-refractivity contribution in [2.24, 2.45) is 0 Å². The second-order valence-corrected chi connectivity index (χ2v) is 6.55. The van der Waals surface area contributed by atoms with Crippen molar-refractivity contribution in [3.8, 4) is 5.88 Å². The summed E-state index contributed by atoms with van der Waals surface area (Å²) in [6.45, 7) is 2.36. The van der Waals surface area contributed by atoms with Gasteiger partial charge >= 0.3 is 0 Å². The number of rotatable bonds is 7. The third kappa shape index (κ3) is 5.11. The van der Waals surface area contributed by atoms with Crippen LogP contribution in [-0.4, -0.2) is 41.9 Å². The molecule has 0 spiro atoms. The maximum absolute atomic E-state index is 5.96. The summed E-state index contributed by atoms with van der Waals surface area (Å²) in [4.78, 5) is 2.15. The van der Waals surface area contributed by atoms with Crippen LogP contribution in [0.4, 0.5) is 0 Å². The lowest BCUT2D eigenvalue weighted by Gasteiger charge is -2.09. The maximum atomic E-state index is 5.96. The van der Waals surface area contributed by atoms with Gasteiger partial charge in [-0.3, -0.25) is 4.68 Å². The summed E-state index contributed by atoms with van der Waals surface area (Å²) in [7, 11) is 4.13. The Bertz CT molecular complexity index is 800. The second-order valence-electron chi connectivity index (χ2n) is 6.11. The van der Waals surface area contributed by atoms with E-state index in [2.05, 4.69) is 36.2 Å². The monoisotopic (exact) mass is 379 g/mol. The van der Waals surface area contributed by atoms with Crippen LogP contribution in [0.15, 0.2) is 48.5 Å². The largest absolute Gasteiger partial charge is 0.476 e. The molecule has 0 saturated heterocycles. The molecule has 4 nitrogen and oxygen atoms in total. The first-order chi connectivity index (χ1) is 11.6. The number of para-hydroxylation sites is 1. The molecule has 6 heteroatoms. The molecule has 134 valence electrons. The molecular formula is C19H23Cl2N3O. The molecule has 1 aromatic heterocycles. The number of fused-ring (bicyclic) bond motifs is 1. The van der Waals surface area contributed by atoms with E-state index in [-0.39, 0.29) is 12.4 Å². The Hall–Kier alpha value is -1.75. The summed E-state index contributed by atoms with van der Waals surface area (Å²) in [6, 6.07) is 16.0. The number of halogens is 2. The highest BCUT2D eigenvalue weighted by Crippen LogP contribution is 2.25. The second kappa shape index (κ2) is 9.09. The van der Waals surface area contributed by atoms with Gasteiger partial charge in [-0.2, -0.15) is 0 Å². The van der Waals surface area contributed by atoms with Gasteiger partial charge in [-0.1, -0.05) is 35.9 Å². The third-order valence-electron chi connectivity index (χ3n) is 3.86. The molecule has 0 bridgehead atoms. The zero-order valence-corrected chi connectivity index (χ0v) is 16.1. The highest BCUT2D eigenvalue weighted by Gasteiger charge is 2.11. The topological polar surface area (TPSA) is 30.3 Å². The molecular weight excluding hydrogens is 357 g/mol. The summed E-state index contributed by atoms with van der Waals surface area (Å²) in [5, 5.41) is 6.47. The van der Waals surface area contributed by atoms with Gasteiger partial charge in [-0.25, -0.2) is 0 Å². The highest BCUT2D eigenvalue weighted by atomic mass is 35.5. The predicted molar refractivity (Wildman–Crippen MR) is 106 cm³/mol. The van der Waals surface area contributed by atoms with Crippen molar-refractivity contribution in [1.82, 2.24) is 14.7 Å². The summed E-state index contributed by atoms with van der Waals surface area (Å²) in [5.41, 5.74) is 2.24. The van der Waals surface area contributed by atoms with Crippen LogP contribution in [0.2, 0.25) is 5.02 Å². The quantitative estimate of drug-likeness (QED) is 0.566. The molecule has 0 aliphatic carbocycles. The van der Waals surface area contributed by atoms with E-state index in [1.807, 2.05) is 41.1 Å². The Morgan fingerprint density at radius 3 is 2.52 bits per heavy atom. The molecule has 0 amide bonds. The van der Waals surface area contributed by atoms with E-state index in [4.69, 9.17) is 16.3 Å². The molecule has 25 heavy (non-hydrogen) atoms. The van der Waals surface area contributed by atoms with Gasteiger partial charge in [0.15, 0.2) is 0 Å². The van der Waals surface area contributed by atoms with Crippen molar-refractivity contribution in [1.29, 1.82) is 0 Å². The molecule has 0 fully saturated rings. The fourth-order valence-electron chi connectivity index (χ4n) is 2.64. The molecule has 0 saturated carbocycles. The van der Waals surface area contributed by atoms with Gasteiger partial charge in [0, 0.05) is 11.6 Å². The Labute approximate surface area is 159 Å². The van der Waals surface area contributed by atoms with Gasteiger partial charge in [-0.05, 0) is 50.3 Å². The lowest BCUT2D eigenvalue weighted by Crippen LogP contribution is -2.15. The minimum atomic E-state index is 0. The van der Waals surface area contributed by atoms with Gasteiger partial charge in [-0.15, -0.1) is 17.5 Å². The number of ether oxygens (including phenoxy) is 1. The normalized spacial score (nSPS) is 10.9. The Kier molecular flexibility index (Phi) is 7.12. The molecule has 0 unspecified atom stereocenters. The lowest BCUT2D eigenvalue weighted by molar-refractivity contribution is 0.273. The Balaban J connectivity index is 0.00000225. The van der Waals surface area contributed by atoms with Gasteiger partial charge in [0.1, 0.15) is 0 Å². The Morgan fingerprint density at radius 1 is 1.08 bits per heavy atom. The van der Waals surface area contributed by atoms with Gasteiger partial charge in [0.05, 0.1) is 24.1 Å². The van der Waals surface area contributed by atoms with Crippen LogP contribution in [0.25, 0.3) is 10.9 Å². The Morgan fingerprint density at radius 2 is 1.80 bits per heavy atom. The maximum Gasteiger partial charge on any atom is 0.240 e. The molecule has 3 aromatic rings. The summed E-state index contributed by atoms with van der Waals surface area (Å²) in [6.07, 6.45) is 0.978. The van der Waals surface area contributed by atoms with Crippen molar-refractivity contribution in [2.45, 2.75) is 13.0 Å². The molecule has 1 heterocycles. The summed E-state index contributed by atoms with van der Waals surface area (Å²) < 4.78 is 7.91. The molecule has 0 aliphatic heterocycles. The fourth-order valence-corrected chi connectivity index (χ4v) is 2.76. The average Bonchev–Trinajstić information content (AvgIpc) is 2.92. The third-order valence-corrected chi connectivity index (χ3v) is 4.11. The van der Waals surface area contributed by atoms with Crippen molar-refractivity contribution in [2.75, 3.05) is 27.2 Å². The first-order valence-electron chi connectivity index (χ1n) is 8.11. The number of hydrogen-bond donors (Lipinski definition) is 0. The van der Waals surface area contributed by atoms with E-state index in [0.29, 0.717) is 19.0 Å². The van der Waals surface area contributed by atoms with E-state index in [9.17, 15) is 0 Å². The molecule has 0 radical (unpaired) electrons. The minimum absolute atomic E-state index is 0. The van der Waals surface area contributed by atoms with Crippen LogP contribution in [0.5, 0.6) is 5.88 Å². The van der Waals surface area contributed by atoms with Crippen LogP contribution >= 0.6 is 24.0 Å². The van der Waals surface area contributed by atoms with Crippen molar-refractivity contribution < 1.29 is 4.74 Å². The zero-order chi connectivity index (χ0) is 16.9. The summed E-state index contributed by atoms with van der Waals surface area (Å²) >= 11 is 5.96. The highest BCUT2D eigenvalue weighted by molar-refractivity contribution is 6.30. The predicted octanol–water partition coefficient (Wildman–Crippen LogP) is 4.49. The van der Waals surface area contributed by atoms with E-state index >= 15 is 0 Å². The number of aromatic nitrogens is 2. The standard InChI is InChI=1S/C19H22ClN3O.ClH/c1-22(2)12-5-13-24-19-17-6-3-4-7-18(17)23(21-19)14-15-8-10-16(20)11-9-15;/h3-4,6-11H,5,12-14H2,1-2H3;1H. The lowest BCUT2D eigenvalue weighted by atomic mass is 10.2. The number of nitrogens with zero attached hydrogens (tertiary/aromatic N) is 3. The van der Waals surface area contributed by atoms with Gasteiger partial charge in [0.2, 0.25) is 5.88 Å². The van der Waals surface area contributed by atoms with E-state index in [0.717, 1.165) is 34.5 Å².